The number of benzene rings is 1. The van der Waals surface area contributed by atoms with Crippen molar-refractivity contribution in [3.63, 3.8) is 0 Å². The summed E-state index contributed by atoms with van der Waals surface area (Å²) in [5.74, 6) is 0. The Balaban J connectivity index is 2.34. The van der Waals surface area contributed by atoms with E-state index in [1.165, 1.54) is 22.3 Å². The van der Waals surface area contributed by atoms with Gasteiger partial charge >= 0.3 is 0 Å². The summed E-state index contributed by atoms with van der Waals surface area (Å²) in [4.78, 5) is 4.47. The fraction of sp³-hybridized carbons (Fsp3) is 0.593. The molecular weight excluding hydrogens is 338 g/mol. The minimum Gasteiger partial charge on any atom is -0.264 e. The Labute approximate surface area is 174 Å². The summed E-state index contributed by atoms with van der Waals surface area (Å²) >= 11 is 0. The van der Waals surface area contributed by atoms with Crippen molar-refractivity contribution in [2.24, 2.45) is 0 Å². The predicted molar refractivity (Wildman–Crippen MR) is 123 cm³/mol. The lowest BCUT2D eigenvalue weighted by atomic mass is 9.68. The van der Waals surface area contributed by atoms with Crippen LogP contribution in [0.5, 0.6) is 0 Å². The fourth-order valence-electron chi connectivity index (χ4n) is 4.21. The van der Waals surface area contributed by atoms with E-state index in [1.54, 1.807) is 0 Å². The van der Waals surface area contributed by atoms with Gasteiger partial charge in [-0.2, -0.15) is 0 Å². The van der Waals surface area contributed by atoms with Crippen LogP contribution >= 0.6 is 0 Å². The van der Waals surface area contributed by atoms with Gasteiger partial charge < -0.3 is 0 Å². The zero-order valence-electron chi connectivity index (χ0n) is 19.9. The summed E-state index contributed by atoms with van der Waals surface area (Å²) in [6, 6.07) is 11.2. The molecule has 1 nitrogen and oxygen atoms in total. The Morgan fingerprint density at radius 1 is 0.571 bits per heavy atom. The molecule has 0 aliphatic rings. The summed E-state index contributed by atoms with van der Waals surface area (Å²) in [6.07, 6.45) is 6.30. The molecular formula is C27H41N. The molecule has 0 unspecified atom stereocenters. The average molecular weight is 380 g/mol. The zero-order valence-corrected chi connectivity index (χ0v) is 19.9. The van der Waals surface area contributed by atoms with Crippen molar-refractivity contribution in [3.8, 4) is 0 Å². The number of aromatic nitrogens is 1. The largest absolute Gasteiger partial charge is 0.264 e. The predicted octanol–water partition coefficient (Wildman–Crippen LogP) is 7.71. The van der Waals surface area contributed by atoms with Crippen molar-refractivity contribution in [2.45, 2.75) is 104 Å². The average Bonchev–Trinajstić information content (AvgIpc) is 2.59. The third-order valence-electron chi connectivity index (χ3n) is 6.20. The lowest BCUT2D eigenvalue weighted by Gasteiger charge is -2.37. The second kappa shape index (κ2) is 7.65. The summed E-state index contributed by atoms with van der Waals surface area (Å²) < 4.78 is 0. The van der Waals surface area contributed by atoms with Gasteiger partial charge in [0, 0.05) is 12.4 Å². The number of rotatable bonds is 5. The van der Waals surface area contributed by atoms with Crippen molar-refractivity contribution in [2.75, 3.05) is 0 Å². The van der Waals surface area contributed by atoms with Gasteiger partial charge in [0.2, 0.25) is 0 Å². The van der Waals surface area contributed by atoms with E-state index in [0.29, 0.717) is 0 Å². The first-order valence-electron chi connectivity index (χ1n) is 10.7. The standard InChI is InChI=1S/C27H41N/c1-24(2,3)20-13-11-12-14-22(20)26(7,8)16-17-27(9,10)23-19-28-18-15-21(23)25(4,5)6/h11-15,18-19H,16-17H2,1-10H3. The first-order valence-corrected chi connectivity index (χ1v) is 10.7. The summed E-state index contributed by atoms with van der Waals surface area (Å²) in [6.45, 7) is 23.4. The van der Waals surface area contributed by atoms with Gasteiger partial charge in [0.25, 0.3) is 0 Å². The van der Waals surface area contributed by atoms with Crippen molar-refractivity contribution < 1.29 is 0 Å². The van der Waals surface area contributed by atoms with Crippen LogP contribution in [0.2, 0.25) is 0 Å². The van der Waals surface area contributed by atoms with E-state index in [9.17, 15) is 0 Å². The van der Waals surface area contributed by atoms with E-state index in [1.807, 2.05) is 6.20 Å². The van der Waals surface area contributed by atoms with Crippen LogP contribution in [0, 0.1) is 0 Å². The molecule has 0 bridgehead atoms. The van der Waals surface area contributed by atoms with E-state index in [-0.39, 0.29) is 21.7 Å². The topological polar surface area (TPSA) is 12.9 Å². The van der Waals surface area contributed by atoms with Crippen molar-refractivity contribution >= 4 is 0 Å². The highest BCUT2D eigenvalue weighted by Crippen LogP contribution is 2.41. The van der Waals surface area contributed by atoms with Crippen LogP contribution in [0.15, 0.2) is 42.7 Å². The summed E-state index contributed by atoms with van der Waals surface area (Å²) in [5.41, 5.74) is 6.27. The van der Waals surface area contributed by atoms with Crippen molar-refractivity contribution in [1.82, 2.24) is 4.98 Å². The van der Waals surface area contributed by atoms with Crippen LogP contribution in [0.25, 0.3) is 0 Å². The Kier molecular flexibility index (Phi) is 6.19. The zero-order chi connectivity index (χ0) is 21.4. The number of hydrogen-bond acceptors (Lipinski definition) is 1. The molecule has 1 aromatic carbocycles. The molecule has 0 aliphatic heterocycles. The van der Waals surface area contributed by atoms with Crippen LogP contribution in [-0.2, 0) is 21.7 Å². The Bertz CT molecular complexity index is 728. The fourth-order valence-corrected chi connectivity index (χ4v) is 4.21. The van der Waals surface area contributed by atoms with Crippen LogP contribution in [0.1, 0.15) is 104 Å². The van der Waals surface area contributed by atoms with Gasteiger partial charge in [0.05, 0.1) is 0 Å². The van der Waals surface area contributed by atoms with E-state index in [2.05, 4.69) is 111 Å². The molecule has 0 atom stereocenters. The molecule has 2 rings (SSSR count). The number of nitrogens with zero attached hydrogens (tertiary/aromatic N) is 1. The molecule has 2 aromatic rings. The van der Waals surface area contributed by atoms with E-state index in [0.717, 1.165) is 12.8 Å². The monoisotopic (exact) mass is 379 g/mol. The molecule has 0 N–H and O–H groups in total. The van der Waals surface area contributed by atoms with Crippen molar-refractivity contribution in [1.29, 1.82) is 0 Å². The second-order valence-electron chi connectivity index (χ2n) is 11.7. The maximum absolute atomic E-state index is 4.47. The highest BCUT2D eigenvalue weighted by molar-refractivity contribution is 5.39. The highest BCUT2D eigenvalue weighted by atomic mass is 14.6. The SMILES string of the molecule is CC(C)(C)c1ccccc1C(C)(C)CCC(C)(C)c1cnccc1C(C)(C)C. The minimum atomic E-state index is 0.0881. The molecule has 0 spiro atoms. The third-order valence-corrected chi connectivity index (χ3v) is 6.20. The van der Waals surface area contributed by atoms with Crippen LogP contribution in [0.4, 0.5) is 0 Å². The van der Waals surface area contributed by atoms with E-state index >= 15 is 0 Å². The quantitative estimate of drug-likeness (QED) is 0.518. The van der Waals surface area contributed by atoms with Gasteiger partial charge in [0.1, 0.15) is 0 Å². The van der Waals surface area contributed by atoms with Crippen LogP contribution < -0.4 is 0 Å². The molecule has 0 aliphatic carbocycles. The maximum atomic E-state index is 4.47. The van der Waals surface area contributed by atoms with Gasteiger partial charge in [-0.25, -0.2) is 0 Å². The Morgan fingerprint density at radius 3 is 1.50 bits per heavy atom. The molecule has 0 fully saturated rings. The van der Waals surface area contributed by atoms with Gasteiger partial charge in [-0.1, -0.05) is 93.5 Å². The molecule has 0 radical (unpaired) electrons. The third kappa shape index (κ3) is 5.04. The second-order valence-corrected chi connectivity index (χ2v) is 11.7. The normalized spacial score (nSPS) is 13.6. The Morgan fingerprint density at radius 2 is 1.00 bits per heavy atom. The molecule has 0 saturated heterocycles. The smallest absolute Gasteiger partial charge is 0.0308 e. The first kappa shape index (κ1) is 22.7. The highest BCUT2D eigenvalue weighted by Gasteiger charge is 2.33. The Hall–Kier alpha value is -1.63. The molecule has 1 aromatic heterocycles. The van der Waals surface area contributed by atoms with Gasteiger partial charge in [-0.15, -0.1) is 0 Å². The maximum Gasteiger partial charge on any atom is 0.0308 e. The number of hydrogen-bond donors (Lipinski definition) is 0. The lowest BCUT2D eigenvalue weighted by molar-refractivity contribution is 0.364. The van der Waals surface area contributed by atoms with Gasteiger partial charge in [-0.05, 0) is 62.8 Å². The molecule has 1 heterocycles. The van der Waals surface area contributed by atoms with E-state index in [4.69, 9.17) is 0 Å². The van der Waals surface area contributed by atoms with E-state index < -0.39 is 0 Å². The molecule has 28 heavy (non-hydrogen) atoms. The molecule has 1 heteroatoms. The van der Waals surface area contributed by atoms with Gasteiger partial charge in [-0.3, -0.25) is 4.98 Å². The van der Waals surface area contributed by atoms with Gasteiger partial charge in [0.15, 0.2) is 0 Å². The number of pyridine rings is 1. The minimum absolute atomic E-state index is 0.0881. The van der Waals surface area contributed by atoms with Crippen LogP contribution in [0.3, 0.4) is 0 Å². The first-order chi connectivity index (χ1) is 12.7. The summed E-state index contributed by atoms with van der Waals surface area (Å²) in [5, 5.41) is 0. The van der Waals surface area contributed by atoms with Crippen molar-refractivity contribution in [3.05, 3.63) is 65.0 Å². The summed E-state index contributed by atoms with van der Waals surface area (Å²) in [7, 11) is 0. The molecule has 154 valence electrons. The lowest BCUT2D eigenvalue weighted by Crippen LogP contribution is -2.29. The van der Waals surface area contributed by atoms with Crippen LogP contribution in [-0.4, -0.2) is 4.98 Å². The molecule has 0 saturated carbocycles. The molecule has 0 amide bonds.